The van der Waals surface area contributed by atoms with Gasteiger partial charge in [0.2, 0.25) is 0 Å². The Balaban J connectivity index is 1.61. The second kappa shape index (κ2) is 7.13. The van der Waals surface area contributed by atoms with Gasteiger partial charge in [0, 0.05) is 5.75 Å². The number of fused-ring (bicyclic) bond motifs is 1. The highest BCUT2D eigenvalue weighted by Gasteiger charge is 2.12. The zero-order chi connectivity index (χ0) is 17.9. The van der Waals surface area contributed by atoms with Crippen LogP contribution in [-0.4, -0.2) is 26.9 Å². The minimum Gasteiger partial charge on any atom is -0.497 e. The molecular weight excluding hydrogens is 351 g/mol. The topological polar surface area (TPSA) is 52.8 Å². The minimum atomic E-state index is -0.282. The van der Waals surface area contributed by atoms with Crippen molar-refractivity contribution in [3.63, 3.8) is 0 Å². The molecule has 0 spiro atoms. The van der Waals surface area contributed by atoms with E-state index in [1.54, 1.807) is 41.9 Å². The molecule has 130 valence electrons. The Morgan fingerprint density at radius 1 is 1.04 bits per heavy atom. The van der Waals surface area contributed by atoms with Gasteiger partial charge in [-0.3, -0.25) is 0 Å². The van der Waals surface area contributed by atoms with Crippen LogP contribution in [0.15, 0.2) is 66.1 Å². The Bertz CT molecular complexity index is 1030. The van der Waals surface area contributed by atoms with Crippen molar-refractivity contribution in [1.29, 1.82) is 0 Å². The van der Waals surface area contributed by atoms with E-state index in [0.29, 0.717) is 5.65 Å². The molecule has 2 aromatic carbocycles. The Morgan fingerprint density at radius 3 is 2.54 bits per heavy atom. The summed E-state index contributed by atoms with van der Waals surface area (Å²) >= 11 is 1.62. The lowest BCUT2D eigenvalue weighted by Gasteiger charge is -2.05. The maximum Gasteiger partial charge on any atom is 0.167 e. The zero-order valence-electron chi connectivity index (χ0n) is 14.0. The van der Waals surface area contributed by atoms with Gasteiger partial charge in [-0.25, -0.2) is 19.0 Å². The van der Waals surface area contributed by atoms with Gasteiger partial charge in [0.05, 0.1) is 24.4 Å². The molecule has 0 saturated carbocycles. The molecule has 0 fully saturated rings. The smallest absolute Gasteiger partial charge is 0.167 e. The maximum absolute atomic E-state index is 13.1. The average molecular weight is 366 g/mol. The molecular formula is C19H15FN4OS. The lowest BCUT2D eigenvalue weighted by molar-refractivity contribution is 0.414. The first-order valence-corrected chi connectivity index (χ1v) is 8.93. The van der Waals surface area contributed by atoms with E-state index in [-0.39, 0.29) is 5.82 Å². The monoisotopic (exact) mass is 366 g/mol. The summed E-state index contributed by atoms with van der Waals surface area (Å²) in [4.78, 5) is 8.73. The first kappa shape index (κ1) is 16.5. The fraction of sp³-hybridized carbons (Fsp3) is 0.105. The van der Waals surface area contributed by atoms with Crippen molar-refractivity contribution in [3.8, 4) is 11.4 Å². The van der Waals surface area contributed by atoms with E-state index < -0.39 is 0 Å². The number of nitrogens with zero attached hydrogens (tertiary/aromatic N) is 4. The van der Waals surface area contributed by atoms with Gasteiger partial charge in [0.1, 0.15) is 22.9 Å². The zero-order valence-corrected chi connectivity index (χ0v) is 14.8. The number of benzene rings is 2. The Kier molecular flexibility index (Phi) is 4.53. The molecule has 4 rings (SSSR count). The predicted molar refractivity (Wildman–Crippen MR) is 99.2 cm³/mol. The van der Waals surface area contributed by atoms with Crippen LogP contribution in [0.3, 0.4) is 0 Å². The van der Waals surface area contributed by atoms with Gasteiger partial charge in [-0.2, -0.15) is 5.10 Å². The quantitative estimate of drug-likeness (QED) is 0.390. The molecule has 0 N–H and O–H groups in total. The van der Waals surface area contributed by atoms with Crippen molar-refractivity contribution in [3.05, 3.63) is 72.4 Å². The van der Waals surface area contributed by atoms with Crippen molar-refractivity contribution in [2.45, 2.75) is 10.8 Å². The van der Waals surface area contributed by atoms with Crippen molar-refractivity contribution >= 4 is 22.8 Å². The van der Waals surface area contributed by atoms with Crippen molar-refractivity contribution < 1.29 is 9.13 Å². The van der Waals surface area contributed by atoms with Crippen LogP contribution >= 0.6 is 11.8 Å². The van der Waals surface area contributed by atoms with Gasteiger partial charge < -0.3 is 4.74 Å². The Labute approximate surface area is 153 Å². The second-order valence-corrected chi connectivity index (χ2v) is 6.55. The van der Waals surface area contributed by atoms with E-state index in [1.807, 2.05) is 24.3 Å². The summed E-state index contributed by atoms with van der Waals surface area (Å²) in [5.41, 5.74) is 2.63. The van der Waals surface area contributed by atoms with Crippen LogP contribution < -0.4 is 4.74 Å². The van der Waals surface area contributed by atoms with Crippen molar-refractivity contribution in [1.82, 2.24) is 19.7 Å². The number of aromatic nitrogens is 4. The molecule has 0 radical (unpaired) electrons. The van der Waals surface area contributed by atoms with Gasteiger partial charge in [-0.1, -0.05) is 12.1 Å². The third kappa shape index (κ3) is 3.25. The summed E-state index contributed by atoms with van der Waals surface area (Å²) in [7, 11) is 1.65. The molecule has 0 saturated heterocycles. The summed E-state index contributed by atoms with van der Waals surface area (Å²) in [6, 6.07) is 14.1. The van der Waals surface area contributed by atoms with Crippen LogP contribution in [0.1, 0.15) is 5.56 Å². The number of thioether (sulfide) groups is 1. The molecule has 0 atom stereocenters. The summed E-state index contributed by atoms with van der Waals surface area (Å²) in [5.74, 6) is 1.33. The molecule has 0 amide bonds. The predicted octanol–water partition coefficient (Wildman–Crippen LogP) is 4.26. The van der Waals surface area contributed by atoms with Gasteiger partial charge >= 0.3 is 0 Å². The third-order valence-corrected chi connectivity index (χ3v) is 5.01. The number of methoxy groups -OCH3 is 1. The first-order valence-electron chi connectivity index (χ1n) is 7.95. The van der Waals surface area contributed by atoms with E-state index >= 15 is 0 Å². The van der Waals surface area contributed by atoms with Crippen molar-refractivity contribution in [2.24, 2.45) is 0 Å². The van der Waals surface area contributed by atoms with E-state index in [4.69, 9.17) is 4.74 Å². The highest BCUT2D eigenvalue weighted by Crippen LogP contribution is 2.28. The van der Waals surface area contributed by atoms with E-state index in [2.05, 4.69) is 15.1 Å². The average Bonchev–Trinajstić information content (AvgIpc) is 3.12. The van der Waals surface area contributed by atoms with Crippen LogP contribution in [0.5, 0.6) is 5.75 Å². The number of ether oxygens (including phenoxy) is 1. The Hall–Kier alpha value is -2.93. The molecule has 26 heavy (non-hydrogen) atoms. The SMILES string of the molecule is COc1ccc(CSc2ncnc3c2cnn3-c2ccc(F)cc2)cc1. The highest BCUT2D eigenvalue weighted by atomic mass is 32.2. The van der Waals surface area contributed by atoms with Crippen LogP contribution in [0.4, 0.5) is 4.39 Å². The van der Waals surface area contributed by atoms with Crippen LogP contribution in [-0.2, 0) is 5.75 Å². The van der Waals surface area contributed by atoms with Gasteiger partial charge in [0.25, 0.3) is 0 Å². The normalized spacial score (nSPS) is 11.0. The van der Waals surface area contributed by atoms with Crippen LogP contribution in [0.25, 0.3) is 16.7 Å². The molecule has 4 aromatic rings. The molecule has 2 heterocycles. The summed E-state index contributed by atoms with van der Waals surface area (Å²) in [6.07, 6.45) is 3.27. The third-order valence-electron chi connectivity index (χ3n) is 3.94. The lowest BCUT2D eigenvalue weighted by atomic mass is 10.2. The Morgan fingerprint density at radius 2 is 1.81 bits per heavy atom. The standard InChI is InChI=1S/C19H15FN4OS/c1-25-16-8-2-13(3-9-16)11-26-19-17-10-23-24(18(17)21-12-22-19)15-6-4-14(20)5-7-15/h2-10,12H,11H2,1H3. The lowest BCUT2D eigenvalue weighted by Crippen LogP contribution is -1.98. The summed E-state index contributed by atoms with van der Waals surface area (Å²) < 4.78 is 20.0. The van der Waals surface area contributed by atoms with Crippen molar-refractivity contribution in [2.75, 3.05) is 7.11 Å². The molecule has 0 bridgehead atoms. The number of hydrogen-bond donors (Lipinski definition) is 0. The van der Waals surface area contributed by atoms with E-state index in [0.717, 1.165) is 27.6 Å². The van der Waals surface area contributed by atoms with Crippen LogP contribution in [0, 0.1) is 5.82 Å². The van der Waals surface area contributed by atoms with E-state index in [1.165, 1.54) is 24.0 Å². The molecule has 2 aromatic heterocycles. The minimum absolute atomic E-state index is 0.282. The molecule has 7 heteroatoms. The highest BCUT2D eigenvalue weighted by molar-refractivity contribution is 7.98. The number of halogens is 1. The number of hydrogen-bond acceptors (Lipinski definition) is 5. The van der Waals surface area contributed by atoms with Gasteiger partial charge in [-0.15, -0.1) is 11.8 Å². The summed E-state index contributed by atoms with van der Waals surface area (Å²) in [6.45, 7) is 0. The molecule has 0 aliphatic carbocycles. The fourth-order valence-corrected chi connectivity index (χ4v) is 3.50. The molecule has 0 aliphatic heterocycles. The molecule has 5 nitrogen and oxygen atoms in total. The molecule has 0 unspecified atom stereocenters. The fourth-order valence-electron chi connectivity index (χ4n) is 2.58. The largest absolute Gasteiger partial charge is 0.497 e. The summed E-state index contributed by atoms with van der Waals surface area (Å²) in [5, 5.41) is 6.13. The van der Waals surface area contributed by atoms with Gasteiger partial charge in [0.15, 0.2) is 5.65 Å². The van der Waals surface area contributed by atoms with Gasteiger partial charge in [-0.05, 0) is 42.0 Å². The maximum atomic E-state index is 13.1. The first-order chi connectivity index (χ1) is 12.7. The number of rotatable bonds is 5. The van der Waals surface area contributed by atoms with Crippen LogP contribution in [0.2, 0.25) is 0 Å². The van der Waals surface area contributed by atoms with E-state index in [9.17, 15) is 4.39 Å². The second-order valence-electron chi connectivity index (χ2n) is 5.59. The molecule has 0 aliphatic rings.